The van der Waals surface area contributed by atoms with Gasteiger partial charge in [-0.3, -0.25) is 9.59 Å². The Kier molecular flexibility index (Phi) is 6.71. The van der Waals surface area contributed by atoms with Crippen LogP contribution in [0.15, 0.2) is 0 Å². The molecule has 0 atom stereocenters. The van der Waals surface area contributed by atoms with Crippen LogP contribution in [-0.4, -0.2) is 44.0 Å². The monoisotopic (exact) mass is 251 g/mol. The van der Waals surface area contributed by atoms with E-state index in [4.69, 9.17) is 5.11 Å². The van der Waals surface area contributed by atoms with E-state index in [1.165, 1.54) is 0 Å². The standard InChI is InChI=1S/C9H17NO5S/c1-16(14,15)7-5-8(11)10-6-3-2-4-9(12)13/h2-7H2,1H3,(H,10,11)(H,12,13). The molecule has 0 saturated heterocycles. The highest BCUT2D eigenvalue weighted by Gasteiger charge is 2.07. The Labute approximate surface area is 95.0 Å². The van der Waals surface area contributed by atoms with Gasteiger partial charge in [0, 0.05) is 25.6 Å². The fourth-order valence-electron chi connectivity index (χ4n) is 0.996. The minimum Gasteiger partial charge on any atom is -0.481 e. The zero-order chi connectivity index (χ0) is 12.6. The van der Waals surface area contributed by atoms with Gasteiger partial charge in [0.15, 0.2) is 0 Å². The van der Waals surface area contributed by atoms with E-state index in [0.717, 1.165) is 6.26 Å². The van der Waals surface area contributed by atoms with E-state index in [-0.39, 0.29) is 24.5 Å². The van der Waals surface area contributed by atoms with Gasteiger partial charge >= 0.3 is 5.97 Å². The number of sulfone groups is 1. The molecule has 0 rings (SSSR count). The van der Waals surface area contributed by atoms with Gasteiger partial charge < -0.3 is 10.4 Å². The minimum absolute atomic E-state index is 0.0439. The number of hydrogen-bond donors (Lipinski definition) is 2. The molecular formula is C9H17NO5S. The molecule has 16 heavy (non-hydrogen) atoms. The molecule has 0 heterocycles. The molecule has 0 bridgehead atoms. The van der Waals surface area contributed by atoms with Crippen molar-refractivity contribution in [2.75, 3.05) is 18.6 Å². The summed E-state index contributed by atoms with van der Waals surface area (Å²) < 4.78 is 21.5. The average molecular weight is 251 g/mol. The van der Waals surface area contributed by atoms with E-state index in [0.29, 0.717) is 19.4 Å². The highest BCUT2D eigenvalue weighted by molar-refractivity contribution is 7.90. The molecule has 0 fully saturated rings. The molecule has 0 aromatic rings. The summed E-state index contributed by atoms with van der Waals surface area (Å²) in [6, 6.07) is 0. The number of carbonyl (C=O) groups is 2. The Hall–Kier alpha value is -1.11. The molecular weight excluding hydrogens is 234 g/mol. The zero-order valence-electron chi connectivity index (χ0n) is 9.23. The third-order valence-electron chi connectivity index (χ3n) is 1.84. The summed E-state index contributed by atoms with van der Waals surface area (Å²) in [5.41, 5.74) is 0. The van der Waals surface area contributed by atoms with E-state index in [1.54, 1.807) is 0 Å². The topological polar surface area (TPSA) is 101 Å². The second-order valence-electron chi connectivity index (χ2n) is 3.58. The van der Waals surface area contributed by atoms with Crippen LogP contribution < -0.4 is 5.32 Å². The van der Waals surface area contributed by atoms with Crippen molar-refractivity contribution in [2.45, 2.75) is 25.7 Å². The predicted molar refractivity (Wildman–Crippen MR) is 58.8 cm³/mol. The number of carboxylic acids is 1. The number of nitrogens with one attached hydrogen (secondary N) is 1. The van der Waals surface area contributed by atoms with Gasteiger partial charge in [0.2, 0.25) is 5.91 Å². The van der Waals surface area contributed by atoms with Crippen LogP contribution in [0.25, 0.3) is 0 Å². The van der Waals surface area contributed by atoms with Crippen molar-refractivity contribution in [3.05, 3.63) is 0 Å². The average Bonchev–Trinajstić information content (AvgIpc) is 2.12. The number of carboxylic acid groups (broad SMARTS) is 1. The van der Waals surface area contributed by atoms with Crippen molar-refractivity contribution in [3.8, 4) is 0 Å². The Morgan fingerprint density at radius 1 is 1.19 bits per heavy atom. The van der Waals surface area contributed by atoms with Gasteiger partial charge in [-0.25, -0.2) is 8.42 Å². The molecule has 0 aromatic heterocycles. The second kappa shape index (κ2) is 7.21. The lowest BCUT2D eigenvalue weighted by Gasteiger charge is -2.03. The summed E-state index contributed by atoms with van der Waals surface area (Å²) in [7, 11) is -3.10. The Morgan fingerprint density at radius 3 is 2.31 bits per heavy atom. The minimum atomic E-state index is -3.10. The van der Waals surface area contributed by atoms with Crippen LogP contribution in [0.3, 0.4) is 0 Å². The first-order chi connectivity index (χ1) is 7.31. The molecule has 0 unspecified atom stereocenters. The largest absolute Gasteiger partial charge is 0.481 e. The summed E-state index contributed by atoms with van der Waals surface area (Å²) in [6.45, 7) is 0.385. The normalized spacial score (nSPS) is 11.1. The maximum Gasteiger partial charge on any atom is 0.303 e. The van der Waals surface area contributed by atoms with Crippen LogP contribution in [0, 0.1) is 0 Å². The molecule has 0 spiro atoms. The number of aliphatic carboxylic acids is 1. The van der Waals surface area contributed by atoms with Gasteiger partial charge in [-0.05, 0) is 12.8 Å². The molecule has 94 valence electrons. The summed E-state index contributed by atoms with van der Waals surface area (Å²) in [4.78, 5) is 21.3. The molecule has 0 saturated carbocycles. The number of amides is 1. The Balaban J connectivity index is 3.48. The predicted octanol–water partition coefficient (Wildman–Crippen LogP) is -0.208. The van der Waals surface area contributed by atoms with Crippen molar-refractivity contribution in [3.63, 3.8) is 0 Å². The first-order valence-electron chi connectivity index (χ1n) is 4.97. The van der Waals surface area contributed by atoms with Crippen molar-refractivity contribution in [1.29, 1.82) is 0 Å². The number of rotatable bonds is 8. The quantitative estimate of drug-likeness (QED) is 0.581. The van der Waals surface area contributed by atoms with Gasteiger partial charge in [0.25, 0.3) is 0 Å². The highest BCUT2D eigenvalue weighted by Crippen LogP contribution is 1.94. The van der Waals surface area contributed by atoms with Gasteiger partial charge in [0.1, 0.15) is 9.84 Å². The zero-order valence-corrected chi connectivity index (χ0v) is 10.0. The maximum absolute atomic E-state index is 11.1. The first kappa shape index (κ1) is 14.9. The lowest BCUT2D eigenvalue weighted by molar-refractivity contribution is -0.137. The second-order valence-corrected chi connectivity index (χ2v) is 5.84. The van der Waals surface area contributed by atoms with Crippen LogP contribution in [0.5, 0.6) is 0 Å². The van der Waals surface area contributed by atoms with Crippen molar-refractivity contribution in [1.82, 2.24) is 5.32 Å². The first-order valence-corrected chi connectivity index (χ1v) is 7.03. The summed E-state index contributed by atoms with van der Waals surface area (Å²) >= 11 is 0. The molecule has 0 aliphatic rings. The maximum atomic E-state index is 11.1. The molecule has 0 radical (unpaired) electrons. The molecule has 1 amide bonds. The van der Waals surface area contributed by atoms with Gasteiger partial charge in [-0.1, -0.05) is 0 Å². The summed E-state index contributed by atoms with van der Waals surface area (Å²) in [5, 5.41) is 10.9. The summed E-state index contributed by atoms with van der Waals surface area (Å²) in [6.07, 6.45) is 2.20. The van der Waals surface area contributed by atoms with Crippen LogP contribution in [0.1, 0.15) is 25.7 Å². The third-order valence-corrected chi connectivity index (χ3v) is 2.79. The van der Waals surface area contributed by atoms with Crippen LogP contribution >= 0.6 is 0 Å². The lowest BCUT2D eigenvalue weighted by Crippen LogP contribution is -2.26. The van der Waals surface area contributed by atoms with Gasteiger partial charge in [-0.15, -0.1) is 0 Å². The smallest absolute Gasteiger partial charge is 0.303 e. The summed E-state index contributed by atoms with van der Waals surface area (Å²) in [5.74, 6) is -1.34. The van der Waals surface area contributed by atoms with Crippen LogP contribution in [0.4, 0.5) is 0 Å². The molecule has 0 aromatic carbocycles. The molecule has 6 nitrogen and oxygen atoms in total. The fraction of sp³-hybridized carbons (Fsp3) is 0.778. The van der Waals surface area contributed by atoms with E-state index in [1.807, 2.05) is 0 Å². The van der Waals surface area contributed by atoms with Gasteiger partial charge in [0.05, 0.1) is 5.75 Å². The molecule has 2 N–H and O–H groups in total. The van der Waals surface area contributed by atoms with Crippen LogP contribution in [-0.2, 0) is 19.4 Å². The van der Waals surface area contributed by atoms with Crippen molar-refractivity contribution >= 4 is 21.7 Å². The Morgan fingerprint density at radius 2 is 1.81 bits per heavy atom. The van der Waals surface area contributed by atoms with E-state index in [9.17, 15) is 18.0 Å². The highest BCUT2D eigenvalue weighted by atomic mass is 32.2. The van der Waals surface area contributed by atoms with E-state index >= 15 is 0 Å². The third kappa shape index (κ3) is 11.0. The van der Waals surface area contributed by atoms with Crippen molar-refractivity contribution in [2.24, 2.45) is 0 Å². The molecule has 0 aliphatic heterocycles. The molecule has 0 aliphatic carbocycles. The molecule has 7 heteroatoms. The Bertz CT molecular complexity index is 336. The van der Waals surface area contributed by atoms with Crippen LogP contribution in [0.2, 0.25) is 0 Å². The number of unbranched alkanes of at least 4 members (excludes halogenated alkanes) is 1. The SMILES string of the molecule is CS(=O)(=O)CCC(=O)NCCCCC(=O)O. The van der Waals surface area contributed by atoms with E-state index in [2.05, 4.69) is 5.32 Å². The number of hydrogen-bond acceptors (Lipinski definition) is 4. The van der Waals surface area contributed by atoms with E-state index < -0.39 is 15.8 Å². The fourth-order valence-corrected chi connectivity index (χ4v) is 1.55. The lowest BCUT2D eigenvalue weighted by atomic mass is 10.2. The van der Waals surface area contributed by atoms with Crippen molar-refractivity contribution < 1.29 is 23.1 Å². The number of carbonyl (C=O) groups excluding carboxylic acids is 1. The van der Waals surface area contributed by atoms with Gasteiger partial charge in [-0.2, -0.15) is 0 Å².